The van der Waals surface area contributed by atoms with Gasteiger partial charge in [-0.1, -0.05) is 51.5 Å². The molecular formula is C32H47N3O. The van der Waals surface area contributed by atoms with Gasteiger partial charge in [-0.3, -0.25) is 4.90 Å². The first-order valence-corrected chi connectivity index (χ1v) is 14.3. The summed E-state index contributed by atoms with van der Waals surface area (Å²) in [5.41, 5.74) is 8.21. The van der Waals surface area contributed by atoms with E-state index in [9.17, 15) is 5.11 Å². The fourth-order valence-corrected chi connectivity index (χ4v) is 6.01. The molecule has 0 radical (unpaired) electrons. The van der Waals surface area contributed by atoms with Gasteiger partial charge in [-0.15, -0.1) is 0 Å². The quantitative estimate of drug-likeness (QED) is 0.415. The number of hydrogen-bond donors (Lipinski definition) is 2. The van der Waals surface area contributed by atoms with Gasteiger partial charge in [0.05, 0.1) is 0 Å². The Morgan fingerprint density at radius 2 is 1.78 bits per heavy atom. The molecule has 1 aliphatic carbocycles. The minimum atomic E-state index is 0.493. The van der Waals surface area contributed by atoms with E-state index in [-0.39, 0.29) is 0 Å². The summed E-state index contributed by atoms with van der Waals surface area (Å²) in [4.78, 5) is 4.83. The van der Waals surface area contributed by atoms with Crippen LogP contribution in [0.15, 0.2) is 43.1 Å². The Balaban J connectivity index is 0.000000173. The molecule has 36 heavy (non-hydrogen) atoms. The van der Waals surface area contributed by atoms with Gasteiger partial charge in [0.25, 0.3) is 0 Å². The molecule has 2 aromatic carbocycles. The third kappa shape index (κ3) is 7.29. The van der Waals surface area contributed by atoms with Crippen molar-refractivity contribution in [2.45, 2.75) is 84.7 Å². The molecule has 196 valence electrons. The van der Waals surface area contributed by atoms with E-state index >= 15 is 0 Å². The number of nitrogens with zero attached hydrogens (tertiary/aromatic N) is 2. The highest BCUT2D eigenvalue weighted by Gasteiger charge is 2.17. The Hall–Kier alpha value is -2.46. The molecule has 0 saturated carbocycles. The van der Waals surface area contributed by atoms with Gasteiger partial charge in [-0.2, -0.15) is 0 Å². The lowest BCUT2D eigenvalue weighted by Gasteiger charge is -2.27. The number of phenols is 1. The van der Waals surface area contributed by atoms with Crippen LogP contribution in [-0.4, -0.2) is 41.1 Å². The summed E-state index contributed by atoms with van der Waals surface area (Å²) < 4.78 is 0. The van der Waals surface area contributed by atoms with E-state index in [1.807, 2.05) is 12.3 Å². The van der Waals surface area contributed by atoms with E-state index in [4.69, 9.17) is 0 Å². The number of hydrogen-bond acceptors (Lipinski definition) is 4. The number of benzene rings is 2. The minimum absolute atomic E-state index is 0.493. The van der Waals surface area contributed by atoms with E-state index in [1.54, 1.807) is 11.1 Å². The summed E-state index contributed by atoms with van der Waals surface area (Å²) in [5, 5.41) is 13.7. The molecule has 0 aromatic heterocycles. The van der Waals surface area contributed by atoms with Crippen molar-refractivity contribution in [1.29, 1.82) is 0 Å². The summed E-state index contributed by atoms with van der Waals surface area (Å²) in [6.07, 6.45) is 13.1. The van der Waals surface area contributed by atoms with Crippen LogP contribution in [0.25, 0.3) is 0 Å². The molecular weight excluding hydrogens is 442 g/mol. The molecule has 2 aliphatic heterocycles. The second-order valence-electron chi connectivity index (χ2n) is 11.3. The number of fused-ring (bicyclic) bond motifs is 2. The molecule has 4 heteroatoms. The van der Waals surface area contributed by atoms with Crippen LogP contribution in [0.1, 0.15) is 80.2 Å². The summed E-state index contributed by atoms with van der Waals surface area (Å²) in [7, 11) is 0. The van der Waals surface area contributed by atoms with Crippen LogP contribution in [-0.2, 0) is 32.4 Å². The Labute approximate surface area is 219 Å². The lowest BCUT2D eigenvalue weighted by Crippen LogP contribution is -2.29. The number of piperidine rings is 1. The molecule has 0 bridgehead atoms. The van der Waals surface area contributed by atoms with E-state index in [1.165, 1.54) is 80.4 Å². The second kappa shape index (κ2) is 13.2. The van der Waals surface area contributed by atoms with Crippen molar-refractivity contribution in [3.63, 3.8) is 0 Å². The van der Waals surface area contributed by atoms with E-state index in [0.717, 1.165) is 39.0 Å². The van der Waals surface area contributed by atoms with Crippen LogP contribution in [0.4, 0.5) is 5.69 Å². The van der Waals surface area contributed by atoms with Gasteiger partial charge >= 0.3 is 0 Å². The predicted molar refractivity (Wildman–Crippen MR) is 153 cm³/mol. The Morgan fingerprint density at radius 1 is 1.00 bits per heavy atom. The molecule has 0 amide bonds. The van der Waals surface area contributed by atoms with Crippen LogP contribution in [0.5, 0.6) is 5.75 Å². The molecule has 0 spiro atoms. The van der Waals surface area contributed by atoms with Crippen LogP contribution >= 0.6 is 0 Å². The number of anilines is 1. The maximum absolute atomic E-state index is 10.3. The van der Waals surface area contributed by atoms with Gasteiger partial charge in [0.1, 0.15) is 5.75 Å². The van der Waals surface area contributed by atoms with Crippen LogP contribution in [0.3, 0.4) is 0 Å². The van der Waals surface area contributed by atoms with Gasteiger partial charge in [0, 0.05) is 31.9 Å². The fourth-order valence-electron chi connectivity index (χ4n) is 6.01. The predicted octanol–water partition coefficient (Wildman–Crippen LogP) is 6.90. The number of nitrogens with one attached hydrogen (secondary N) is 1. The highest BCUT2D eigenvalue weighted by Crippen LogP contribution is 2.30. The average molecular weight is 490 g/mol. The first-order chi connectivity index (χ1) is 17.5. The lowest BCUT2D eigenvalue weighted by atomic mass is 9.98. The lowest BCUT2D eigenvalue weighted by molar-refractivity contribution is 0.220. The number of aromatic hydroxyl groups is 1. The number of phenolic OH excluding ortho intramolecular Hbond substituents is 1. The monoisotopic (exact) mass is 489 g/mol. The van der Waals surface area contributed by atoms with Gasteiger partial charge in [-0.05, 0) is 110 Å². The normalized spacial score (nSPS) is 17.3. The van der Waals surface area contributed by atoms with Crippen molar-refractivity contribution in [2.24, 2.45) is 5.92 Å². The van der Waals surface area contributed by atoms with Crippen molar-refractivity contribution in [2.75, 3.05) is 31.5 Å². The highest BCUT2D eigenvalue weighted by atomic mass is 16.3. The average Bonchev–Trinajstić information content (AvgIpc) is 3.23. The molecule has 1 fully saturated rings. The van der Waals surface area contributed by atoms with Gasteiger partial charge < -0.3 is 15.3 Å². The smallest absolute Gasteiger partial charge is 0.119 e. The van der Waals surface area contributed by atoms with Gasteiger partial charge in [-0.25, -0.2) is 0 Å². The van der Waals surface area contributed by atoms with Gasteiger partial charge in [0.15, 0.2) is 0 Å². The maximum atomic E-state index is 10.3. The topological polar surface area (TPSA) is 38.7 Å². The molecule has 0 unspecified atom stereocenters. The van der Waals surface area contributed by atoms with Crippen molar-refractivity contribution in [3.05, 3.63) is 70.9 Å². The molecule has 0 atom stereocenters. The van der Waals surface area contributed by atoms with Crippen LogP contribution in [0, 0.1) is 5.92 Å². The largest absolute Gasteiger partial charge is 0.508 e. The first-order valence-electron chi connectivity index (χ1n) is 14.3. The van der Waals surface area contributed by atoms with Crippen molar-refractivity contribution in [3.8, 4) is 5.75 Å². The number of aryl methyl sites for hydroxylation is 1. The Morgan fingerprint density at radius 3 is 2.56 bits per heavy atom. The SMILES string of the molecule is C=CN(Cc1cc(O)c2c(c1)CCCCC2)CC(C)C.c1cc(CN2CCCCC2)c2c(c1)NCC2. The van der Waals surface area contributed by atoms with E-state index in [2.05, 4.69) is 59.8 Å². The fraction of sp³-hybridized carbons (Fsp3) is 0.562. The van der Waals surface area contributed by atoms with Crippen molar-refractivity contribution in [1.82, 2.24) is 9.80 Å². The van der Waals surface area contributed by atoms with Crippen molar-refractivity contribution < 1.29 is 5.11 Å². The molecule has 1 saturated heterocycles. The molecule has 2 aromatic rings. The summed E-state index contributed by atoms with van der Waals surface area (Å²) in [5.74, 6) is 1.11. The second-order valence-corrected chi connectivity index (χ2v) is 11.3. The molecule has 2 N–H and O–H groups in total. The van der Waals surface area contributed by atoms with Crippen LogP contribution < -0.4 is 5.32 Å². The molecule has 5 rings (SSSR count). The minimum Gasteiger partial charge on any atom is -0.508 e. The Kier molecular flexibility index (Phi) is 9.75. The van der Waals surface area contributed by atoms with Crippen LogP contribution in [0.2, 0.25) is 0 Å². The zero-order chi connectivity index (χ0) is 25.3. The Bertz CT molecular complexity index is 993. The third-order valence-electron chi connectivity index (χ3n) is 7.80. The highest BCUT2D eigenvalue weighted by molar-refractivity contribution is 5.58. The van der Waals surface area contributed by atoms with E-state index < -0.39 is 0 Å². The number of likely N-dealkylation sites (tertiary alicyclic amines) is 1. The first kappa shape index (κ1) is 26.6. The molecule has 2 heterocycles. The maximum Gasteiger partial charge on any atom is 0.119 e. The molecule has 3 aliphatic rings. The standard InChI is InChI=1S/C18H27NO.C14H20N2/c1-4-19(12-14(2)3)13-15-10-16-8-6-5-7-9-17(16)18(20)11-15;1-2-9-16(10-3-1)11-12-5-4-6-14-13(12)7-8-15-14/h4,10-11,14,20H,1,5-9,12-13H2,2-3H3;4-6,15H,1-3,7-11H2. The van der Waals surface area contributed by atoms with Gasteiger partial charge in [0.2, 0.25) is 0 Å². The number of rotatable bonds is 7. The molecule has 4 nitrogen and oxygen atoms in total. The summed E-state index contributed by atoms with van der Waals surface area (Å²) >= 11 is 0. The summed E-state index contributed by atoms with van der Waals surface area (Å²) in [6.45, 7) is 15.0. The van der Waals surface area contributed by atoms with E-state index in [0.29, 0.717) is 11.7 Å². The third-order valence-corrected chi connectivity index (χ3v) is 7.80. The summed E-state index contributed by atoms with van der Waals surface area (Å²) in [6, 6.07) is 10.9. The zero-order valence-corrected chi connectivity index (χ0v) is 22.7. The zero-order valence-electron chi connectivity index (χ0n) is 22.7. The van der Waals surface area contributed by atoms with Crippen molar-refractivity contribution >= 4 is 5.69 Å².